The summed E-state index contributed by atoms with van der Waals surface area (Å²) < 4.78 is 11.6. The minimum atomic E-state index is -0.574. The van der Waals surface area contributed by atoms with Crippen molar-refractivity contribution in [3.63, 3.8) is 0 Å². The van der Waals surface area contributed by atoms with Gasteiger partial charge in [0.25, 0.3) is 0 Å². The van der Waals surface area contributed by atoms with Crippen LogP contribution in [0.1, 0.15) is 30.4 Å². The van der Waals surface area contributed by atoms with Crippen LogP contribution in [-0.2, 0) is 5.41 Å². The molecule has 0 aromatic heterocycles. The van der Waals surface area contributed by atoms with Crippen LogP contribution in [0.2, 0.25) is 0 Å². The van der Waals surface area contributed by atoms with Gasteiger partial charge in [0.05, 0.1) is 24.7 Å². The fourth-order valence-corrected chi connectivity index (χ4v) is 4.25. The Hall–Kier alpha value is -1.30. The summed E-state index contributed by atoms with van der Waals surface area (Å²) in [5.74, 6) is 1.36. The third-order valence-electron chi connectivity index (χ3n) is 5.42. The number of hydrogen-bond acceptors (Lipinski definition) is 5. The van der Waals surface area contributed by atoms with Crippen molar-refractivity contribution in [3.05, 3.63) is 23.3 Å². The van der Waals surface area contributed by atoms with Gasteiger partial charge in [0.1, 0.15) is 6.10 Å². The summed E-state index contributed by atoms with van der Waals surface area (Å²) in [6, 6.07) is 3.90. The smallest absolute Gasteiger partial charge is 0.166 e. The van der Waals surface area contributed by atoms with Gasteiger partial charge in [-0.3, -0.25) is 0 Å². The number of aryl methyl sites for hydroxylation is 1. The molecule has 0 saturated heterocycles. The third kappa shape index (κ3) is 2.42. The minimum absolute atomic E-state index is 0.420. The van der Waals surface area contributed by atoms with Crippen LogP contribution >= 0.6 is 0 Å². The van der Waals surface area contributed by atoms with Gasteiger partial charge in [-0.25, -0.2) is 0 Å². The molecule has 1 aromatic rings. The lowest BCUT2D eigenvalue weighted by Crippen LogP contribution is -2.58. The summed E-state index contributed by atoms with van der Waals surface area (Å²) in [7, 11) is 5.66. The SMILES string of the molecule is COc1ccc(C)c2c1O[C@H]1[C@@H](O)CC[C@H](O)[C@@]21CCN(C)C. The molecule has 0 spiro atoms. The summed E-state index contributed by atoms with van der Waals surface area (Å²) in [5, 5.41) is 21.5. The summed E-state index contributed by atoms with van der Waals surface area (Å²) in [4.78, 5) is 2.10. The normalized spacial score (nSPS) is 32.4. The number of methoxy groups -OCH3 is 1. The standard InChI is InChI=1S/C18H27NO4/c1-11-5-7-13(22-4)16-15(11)18(9-10-19(2)3)14(21)8-6-12(20)17(18)23-16/h5,7,12,14,17,20-21H,6,8-10H2,1-4H3/t12-,14-,17-,18-/m0/s1. The molecule has 1 heterocycles. The van der Waals surface area contributed by atoms with Crippen molar-refractivity contribution < 1.29 is 19.7 Å². The molecule has 4 atom stereocenters. The molecule has 1 saturated carbocycles. The largest absolute Gasteiger partial charge is 0.493 e. The monoisotopic (exact) mass is 321 g/mol. The number of hydrogen-bond donors (Lipinski definition) is 2. The summed E-state index contributed by atoms with van der Waals surface area (Å²) in [6.07, 6.45) is 0.371. The molecule has 0 unspecified atom stereocenters. The van der Waals surface area contributed by atoms with Crippen LogP contribution in [0.5, 0.6) is 11.5 Å². The van der Waals surface area contributed by atoms with Gasteiger partial charge in [0.2, 0.25) is 0 Å². The maximum atomic E-state index is 10.9. The maximum absolute atomic E-state index is 10.9. The first-order valence-corrected chi connectivity index (χ1v) is 8.27. The van der Waals surface area contributed by atoms with E-state index in [1.54, 1.807) is 7.11 Å². The molecule has 1 aromatic carbocycles. The van der Waals surface area contributed by atoms with Crippen LogP contribution in [0.3, 0.4) is 0 Å². The van der Waals surface area contributed by atoms with E-state index in [1.165, 1.54) is 0 Å². The van der Waals surface area contributed by atoms with Crippen molar-refractivity contribution >= 4 is 0 Å². The first-order chi connectivity index (χ1) is 10.9. The van der Waals surface area contributed by atoms with Gasteiger partial charge >= 0.3 is 0 Å². The van der Waals surface area contributed by atoms with Crippen LogP contribution in [0, 0.1) is 6.92 Å². The lowest BCUT2D eigenvalue weighted by molar-refractivity contribution is -0.0891. The van der Waals surface area contributed by atoms with Crippen molar-refractivity contribution in [2.45, 2.75) is 49.9 Å². The van der Waals surface area contributed by atoms with Crippen LogP contribution < -0.4 is 9.47 Å². The molecule has 1 fully saturated rings. The van der Waals surface area contributed by atoms with Crippen molar-refractivity contribution in [3.8, 4) is 11.5 Å². The first kappa shape index (κ1) is 16.6. The topological polar surface area (TPSA) is 62.2 Å². The molecule has 2 aliphatic rings. The predicted octanol–water partition coefficient (Wildman–Crippen LogP) is 1.47. The van der Waals surface area contributed by atoms with Crippen LogP contribution in [0.4, 0.5) is 0 Å². The quantitative estimate of drug-likeness (QED) is 0.879. The molecule has 0 radical (unpaired) electrons. The van der Waals surface area contributed by atoms with E-state index in [-0.39, 0.29) is 0 Å². The predicted molar refractivity (Wildman–Crippen MR) is 88.2 cm³/mol. The Morgan fingerprint density at radius 3 is 2.70 bits per heavy atom. The highest BCUT2D eigenvalue weighted by Crippen LogP contribution is 2.56. The minimum Gasteiger partial charge on any atom is -0.493 e. The maximum Gasteiger partial charge on any atom is 0.166 e. The number of nitrogens with zero attached hydrogens (tertiary/aromatic N) is 1. The van der Waals surface area contributed by atoms with E-state index in [4.69, 9.17) is 9.47 Å². The summed E-state index contributed by atoms with van der Waals surface area (Å²) in [6.45, 7) is 2.86. The molecule has 5 heteroatoms. The highest BCUT2D eigenvalue weighted by molar-refractivity contribution is 5.59. The Morgan fingerprint density at radius 1 is 1.30 bits per heavy atom. The molecule has 2 N–H and O–H groups in total. The number of fused-ring (bicyclic) bond motifs is 3. The van der Waals surface area contributed by atoms with Gasteiger partial charge in [-0.1, -0.05) is 6.07 Å². The lowest BCUT2D eigenvalue weighted by atomic mass is 9.63. The fourth-order valence-electron chi connectivity index (χ4n) is 4.25. The first-order valence-electron chi connectivity index (χ1n) is 8.27. The molecule has 0 bridgehead atoms. The Labute approximate surface area is 137 Å². The van der Waals surface area contributed by atoms with E-state index in [0.717, 1.165) is 24.1 Å². The Balaban J connectivity index is 2.17. The number of benzene rings is 1. The van der Waals surface area contributed by atoms with E-state index >= 15 is 0 Å². The molecule has 5 nitrogen and oxygen atoms in total. The zero-order valence-corrected chi connectivity index (χ0v) is 14.4. The van der Waals surface area contributed by atoms with E-state index in [9.17, 15) is 10.2 Å². The number of ether oxygens (including phenoxy) is 2. The Morgan fingerprint density at radius 2 is 2.04 bits per heavy atom. The Kier molecular flexibility index (Phi) is 4.29. The van der Waals surface area contributed by atoms with Crippen molar-refractivity contribution in [2.75, 3.05) is 27.7 Å². The average Bonchev–Trinajstić information content (AvgIpc) is 2.88. The summed E-state index contributed by atoms with van der Waals surface area (Å²) in [5.41, 5.74) is 1.51. The van der Waals surface area contributed by atoms with E-state index in [2.05, 4.69) is 4.90 Å². The van der Waals surface area contributed by atoms with E-state index in [1.807, 2.05) is 33.2 Å². The van der Waals surface area contributed by atoms with Crippen LogP contribution in [0.15, 0.2) is 12.1 Å². The van der Waals surface area contributed by atoms with Gasteiger partial charge in [-0.05, 0) is 58.5 Å². The molecule has 0 amide bonds. The van der Waals surface area contributed by atoms with Gasteiger partial charge in [0, 0.05) is 5.56 Å². The molecule has 3 rings (SSSR count). The van der Waals surface area contributed by atoms with Gasteiger partial charge < -0.3 is 24.6 Å². The lowest BCUT2D eigenvalue weighted by Gasteiger charge is -2.45. The highest BCUT2D eigenvalue weighted by atomic mass is 16.5. The molecule has 128 valence electrons. The fraction of sp³-hybridized carbons (Fsp3) is 0.667. The zero-order valence-electron chi connectivity index (χ0n) is 14.4. The number of aliphatic hydroxyl groups excluding tert-OH is 2. The molecular weight excluding hydrogens is 294 g/mol. The van der Waals surface area contributed by atoms with Crippen molar-refractivity contribution in [2.24, 2.45) is 0 Å². The van der Waals surface area contributed by atoms with Crippen molar-refractivity contribution in [1.82, 2.24) is 4.90 Å². The molecule has 23 heavy (non-hydrogen) atoms. The van der Waals surface area contributed by atoms with Gasteiger partial charge in [0.15, 0.2) is 11.5 Å². The van der Waals surface area contributed by atoms with Crippen LogP contribution in [0.25, 0.3) is 0 Å². The summed E-state index contributed by atoms with van der Waals surface area (Å²) >= 11 is 0. The van der Waals surface area contributed by atoms with Crippen molar-refractivity contribution in [1.29, 1.82) is 0 Å². The zero-order chi connectivity index (χ0) is 16.8. The third-order valence-corrected chi connectivity index (χ3v) is 5.42. The average molecular weight is 321 g/mol. The van der Waals surface area contributed by atoms with Gasteiger partial charge in [-0.2, -0.15) is 0 Å². The second kappa shape index (κ2) is 5.96. The number of aliphatic hydroxyl groups is 2. The van der Waals surface area contributed by atoms with E-state index in [0.29, 0.717) is 24.3 Å². The highest BCUT2D eigenvalue weighted by Gasteiger charge is 2.59. The second-order valence-corrected chi connectivity index (χ2v) is 7.08. The Bertz CT molecular complexity index is 589. The van der Waals surface area contributed by atoms with Crippen LogP contribution in [-0.4, -0.2) is 61.2 Å². The molecule has 1 aliphatic carbocycles. The van der Waals surface area contributed by atoms with E-state index < -0.39 is 23.7 Å². The molecule has 1 aliphatic heterocycles. The number of rotatable bonds is 4. The van der Waals surface area contributed by atoms with Gasteiger partial charge in [-0.15, -0.1) is 0 Å². The molecular formula is C18H27NO4. The second-order valence-electron chi connectivity index (χ2n) is 7.08.